The van der Waals surface area contributed by atoms with Gasteiger partial charge in [-0.3, -0.25) is 9.36 Å². The van der Waals surface area contributed by atoms with Gasteiger partial charge in [0.25, 0.3) is 0 Å². The molecule has 10 heteroatoms. The van der Waals surface area contributed by atoms with Gasteiger partial charge in [0, 0.05) is 18.8 Å². The summed E-state index contributed by atoms with van der Waals surface area (Å²) in [5.41, 5.74) is 0. The average molecular weight is 450 g/mol. The number of hydrogen-bond donors (Lipinski definition) is 0. The average Bonchev–Trinajstić information content (AvgIpc) is 2.65. The third kappa shape index (κ3) is 5.81. The Kier molecular flexibility index (Phi) is 9.34. The van der Waals surface area contributed by atoms with Crippen molar-refractivity contribution < 1.29 is 36.0 Å². The zero-order valence-corrected chi connectivity index (χ0v) is 18.8. The van der Waals surface area contributed by atoms with Crippen molar-refractivity contribution in [1.29, 1.82) is 0 Å². The topological polar surface area (TPSA) is 104 Å². The second-order valence-electron chi connectivity index (χ2n) is 6.59. The van der Waals surface area contributed by atoms with Gasteiger partial charge in [0.15, 0.2) is 0 Å². The fraction of sp³-hybridized carbons (Fsp3) is 0.579. The fourth-order valence-electron chi connectivity index (χ4n) is 2.85. The van der Waals surface area contributed by atoms with E-state index in [0.29, 0.717) is 0 Å². The largest absolute Gasteiger partial charge is 0.383 e. The minimum atomic E-state index is -4.89. The summed E-state index contributed by atoms with van der Waals surface area (Å²) in [5, 5.41) is 0. The van der Waals surface area contributed by atoms with Gasteiger partial charge in [-0.15, -0.1) is 0 Å². The van der Waals surface area contributed by atoms with E-state index in [0.717, 1.165) is 0 Å². The molecule has 0 fully saturated rings. The van der Waals surface area contributed by atoms with Gasteiger partial charge in [-0.05, 0) is 46.2 Å². The molecule has 0 aromatic heterocycles. The van der Waals surface area contributed by atoms with E-state index in [1.165, 1.54) is 52.0 Å². The van der Waals surface area contributed by atoms with Crippen molar-refractivity contribution >= 4 is 29.0 Å². The number of benzene rings is 1. The summed E-state index contributed by atoms with van der Waals surface area (Å²) in [6, 6.07) is 6.69. The quantitative estimate of drug-likeness (QED) is 0.412. The molecular formula is C19H28FO7PS. The summed E-state index contributed by atoms with van der Waals surface area (Å²) < 4.78 is 63.0. The summed E-state index contributed by atoms with van der Waals surface area (Å²) in [7, 11) is -9.75. The van der Waals surface area contributed by atoms with Crippen LogP contribution >= 0.6 is 7.60 Å². The van der Waals surface area contributed by atoms with Crippen LogP contribution in [0.25, 0.3) is 0 Å². The van der Waals surface area contributed by atoms with Gasteiger partial charge in [-0.1, -0.05) is 18.2 Å². The highest BCUT2D eigenvalue weighted by Crippen LogP contribution is 2.66. The molecule has 2 unspecified atom stereocenters. The predicted molar refractivity (Wildman–Crippen MR) is 107 cm³/mol. The van der Waals surface area contributed by atoms with Crippen LogP contribution in [-0.2, 0) is 33.0 Å². The number of sulfone groups is 1. The van der Waals surface area contributed by atoms with Crippen LogP contribution in [0.1, 0.15) is 47.0 Å². The Bertz CT molecular complexity index is 847. The first-order chi connectivity index (χ1) is 13.4. The number of ketones is 2. The monoisotopic (exact) mass is 450 g/mol. The van der Waals surface area contributed by atoms with Crippen molar-refractivity contribution in [2.75, 3.05) is 13.2 Å². The summed E-state index contributed by atoms with van der Waals surface area (Å²) in [5.74, 6) is -1.91. The van der Waals surface area contributed by atoms with Crippen molar-refractivity contribution in [1.82, 2.24) is 0 Å². The number of rotatable bonds is 13. The summed E-state index contributed by atoms with van der Waals surface area (Å²) >= 11 is 0. The Morgan fingerprint density at radius 2 is 1.62 bits per heavy atom. The SMILES string of the molecule is CCOP(=O)(OCC)C(F)(CC(CCC(C)=O)C(C)=O)S(=O)(=O)c1ccccc1. The number of carbonyl (C=O) groups is 2. The molecule has 0 heterocycles. The molecule has 0 bridgehead atoms. The molecule has 0 aliphatic carbocycles. The van der Waals surface area contributed by atoms with Gasteiger partial charge >= 0.3 is 12.3 Å². The minimum absolute atomic E-state index is 0.0424. The zero-order chi connectivity index (χ0) is 22.3. The molecule has 0 N–H and O–H groups in total. The number of Topliss-reactive ketones (excluding diaryl/α,β-unsaturated/α-hetero) is 2. The first-order valence-corrected chi connectivity index (χ1v) is 12.4. The van der Waals surface area contributed by atoms with Crippen LogP contribution in [0, 0.1) is 5.92 Å². The van der Waals surface area contributed by atoms with E-state index in [2.05, 4.69) is 0 Å². The molecule has 0 spiro atoms. The Morgan fingerprint density at radius 3 is 2.03 bits per heavy atom. The van der Waals surface area contributed by atoms with E-state index in [1.807, 2.05) is 0 Å². The molecule has 0 aliphatic rings. The minimum Gasteiger partial charge on any atom is -0.306 e. The Labute approximate surface area is 171 Å². The lowest BCUT2D eigenvalue weighted by Crippen LogP contribution is -2.39. The van der Waals surface area contributed by atoms with Crippen molar-refractivity contribution in [3.8, 4) is 0 Å². The van der Waals surface area contributed by atoms with Crippen LogP contribution in [0.3, 0.4) is 0 Å². The van der Waals surface area contributed by atoms with Gasteiger partial charge in [0.1, 0.15) is 11.6 Å². The lowest BCUT2D eigenvalue weighted by molar-refractivity contribution is -0.122. The number of hydrogen-bond acceptors (Lipinski definition) is 7. The normalized spacial score (nSPS) is 15.5. The molecule has 0 saturated carbocycles. The van der Waals surface area contributed by atoms with Crippen LogP contribution in [0.15, 0.2) is 35.2 Å². The summed E-state index contributed by atoms with van der Waals surface area (Å²) in [6.07, 6.45) is -1.05. The fourth-order valence-corrected chi connectivity index (χ4v) is 7.54. The Morgan fingerprint density at radius 1 is 1.10 bits per heavy atom. The van der Waals surface area contributed by atoms with Crippen molar-refractivity contribution in [3.63, 3.8) is 0 Å². The second-order valence-corrected chi connectivity index (χ2v) is 11.2. The van der Waals surface area contributed by atoms with Gasteiger partial charge in [-0.25, -0.2) is 12.8 Å². The Balaban J connectivity index is 3.62. The first kappa shape index (κ1) is 25.6. The molecule has 164 valence electrons. The molecule has 0 radical (unpaired) electrons. The third-order valence-electron chi connectivity index (χ3n) is 4.39. The maximum Gasteiger partial charge on any atom is 0.383 e. The van der Waals surface area contributed by atoms with Crippen LogP contribution in [0.2, 0.25) is 0 Å². The maximum atomic E-state index is 16.5. The Hall–Kier alpha value is -1.41. The van der Waals surface area contributed by atoms with E-state index in [-0.39, 0.29) is 31.8 Å². The maximum absolute atomic E-state index is 16.5. The molecule has 1 aromatic carbocycles. The standard InChI is InChI=1S/C19H28FO7PS/c1-5-26-28(23,27-6-2)19(20,14-17(16(4)22)13-12-15(3)21)29(24,25)18-10-8-7-9-11-18/h7-11,17H,5-6,12-14H2,1-4H3. The molecule has 0 saturated heterocycles. The van der Waals surface area contributed by atoms with Crippen molar-refractivity contribution in [3.05, 3.63) is 30.3 Å². The molecular weight excluding hydrogens is 422 g/mol. The zero-order valence-electron chi connectivity index (χ0n) is 17.1. The van der Waals surface area contributed by atoms with Crippen LogP contribution < -0.4 is 0 Å². The smallest absolute Gasteiger partial charge is 0.306 e. The summed E-state index contributed by atoms with van der Waals surface area (Å²) in [4.78, 5) is 23.0. The molecule has 1 rings (SSSR count). The molecule has 0 aliphatic heterocycles. The lowest BCUT2D eigenvalue weighted by Gasteiger charge is -2.33. The summed E-state index contributed by atoms with van der Waals surface area (Å²) in [6.45, 7) is 4.83. The number of alkyl halides is 1. The molecule has 7 nitrogen and oxygen atoms in total. The number of carbonyl (C=O) groups excluding carboxylic acids is 2. The molecule has 2 atom stereocenters. The van der Waals surface area contributed by atoms with Gasteiger partial charge < -0.3 is 13.8 Å². The van der Waals surface area contributed by atoms with Crippen LogP contribution in [-0.4, -0.2) is 37.9 Å². The van der Waals surface area contributed by atoms with E-state index < -0.39 is 45.2 Å². The molecule has 1 aromatic rings. The first-order valence-electron chi connectivity index (χ1n) is 9.32. The van der Waals surface area contributed by atoms with Crippen molar-refractivity contribution in [2.24, 2.45) is 5.92 Å². The van der Waals surface area contributed by atoms with Gasteiger partial charge in [0.2, 0.25) is 9.84 Å². The van der Waals surface area contributed by atoms with E-state index in [9.17, 15) is 22.6 Å². The molecule has 0 amide bonds. The van der Waals surface area contributed by atoms with Gasteiger partial charge in [-0.2, -0.15) is 0 Å². The highest BCUT2D eigenvalue weighted by atomic mass is 32.2. The lowest BCUT2D eigenvalue weighted by atomic mass is 9.95. The van der Waals surface area contributed by atoms with E-state index in [4.69, 9.17) is 9.05 Å². The number of halogens is 1. The van der Waals surface area contributed by atoms with E-state index >= 15 is 4.39 Å². The van der Waals surface area contributed by atoms with Crippen molar-refractivity contribution in [2.45, 2.75) is 56.6 Å². The predicted octanol–water partition coefficient (Wildman–Crippen LogP) is 4.31. The van der Waals surface area contributed by atoms with Gasteiger partial charge in [0.05, 0.1) is 18.1 Å². The second kappa shape index (κ2) is 10.6. The third-order valence-corrected chi connectivity index (χ3v) is 9.86. The highest BCUT2D eigenvalue weighted by Gasteiger charge is 2.63. The van der Waals surface area contributed by atoms with E-state index in [1.54, 1.807) is 6.07 Å². The van der Waals surface area contributed by atoms with Crippen LogP contribution in [0.5, 0.6) is 0 Å². The highest BCUT2D eigenvalue weighted by molar-refractivity contribution is 7.99. The molecule has 29 heavy (non-hydrogen) atoms. The van der Waals surface area contributed by atoms with Crippen LogP contribution in [0.4, 0.5) is 4.39 Å².